The number of hydrogen-bond acceptors (Lipinski definition) is 5. The lowest BCUT2D eigenvalue weighted by molar-refractivity contribution is -0.143. The topological polar surface area (TPSA) is 76.7 Å². The van der Waals surface area contributed by atoms with Gasteiger partial charge < -0.3 is 14.3 Å². The van der Waals surface area contributed by atoms with Crippen LogP contribution in [0.5, 0.6) is 5.75 Å². The molecule has 26 heavy (non-hydrogen) atoms. The van der Waals surface area contributed by atoms with Crippen molar-refractivity contribution >= 4 is 16.9 Å². The van der Waals surface area contributed by atoms with E-state index in [9.17, 15) is 14.7 Å². The highest BCUT2D eigenvalue weighted by Gasteiger charge is 2.16. The maximum Gasteiger partial charge on any atom is 0.343 e. The molecule has 5 heteroatoms. The average Bonchev–Trinajstić information content (AvgIpc) is 2.64. The van der Waals surface area contributed by atoms with Crippen LogP contribution in [0.1, 0.15) is 30.0 Å². The minimum atomic E-state index is -0.554. The van der Waals surface area contributed by atoms with E-state index in [0.29, 0.717) is 24.0 Å². The normalized spacial score (nSPS) is 10.8. The second kappa shape index (κ2) is 7.87. The maximum atomic E-state index is 12.3. The van der Waals surface area contributed by atoms with E-state index in [1.54, 1.807) is 31.2 Å². The van der Waals surface area contributed by atoms with Gasteiger partial charge in [0.1, 0.15) is 11.3 Å². The Bertz CT molecular complexity index is 987. The summed E-state index contributed by atoms with van der Waals surface area (Å²) < 4.78 is 10.3. The van der Waals surface area contributed by atoms with Gasteiger partial charge in [-0.15, -0.1) is 0 Å². The van der Waals surface area contributed by atoms with E-state index >= 15 is 0 Å². The largest absolute Gasteiger partial charge is 0.507 e. The number of fused-ring (bicyclic) bond motifs is 1. The van der Waals surface area contributed by atoms with Gasteiger partial charge >= 0.3 is 11.6 Å². The third-order valence-corrected chi connectivity index (χ3v) is 4.27. The van der Waals surface area contributed by atoms with Gasteiger partial charge in [0.2, 0.25) is 0 Å². The van der Waals surface area contributed by atoms with E-state index in [0.717, 1.165) is 11.1 Å². The minimum Gasteiger partial charge on any atom is -0.507 e. The number of esters is 1. The Morgan fingerprint density at radius 2 is 1.77 bits per heavy atom. The Morgan fingerprint density at radius 1 is 1.08 bits per heavy atom. The molecule has 0 saturated carbocycles. The Kier molecular flexibility index (Phi) is 5.37. The highest BCUT2D eigenvalue weighted by Crippen LogP contribution is 2.28. The molecular weight excluding hydrogens is 332 g/mol. The van der Waals surface area contributed by atoms with Crippen LogP contribution in [0, 0.1) is 0 Å². The number of para-hydroxylation sites is 1. The van der Waals surface area contributed by atoms with Crippen molar-refractivity contribution in [3.05, 3.63) is 75.6 Å². The van der Waals surface area contributed by atoms with Gasteiger partial charge in [0.15, 0.2) is 0 Å². The van der Waals surface area contributed by atoms with E-state index in [1.165, 1.54) is 0 Å². The zero-order valence-corrected chi connectivity index (χ0v) is 14.5. The van der Waals surface area contributed by atoms with Crippen LogP contribution >= 0.6 is 0 Å². The molecule has 0 fully saturated rings. The molecule has 0 amide bonds. The summed E-state index contributed by atoms with van der Waals surface area (Å²) in [6.45, 7) is 2.13. The molecule has 0 radical (unpaired) electrons. The summed E-state index contributed by atoms with van der Waals surface area (Å²) in [6, 6.07) is 14.4. The molecule has 1 N–H and O–H groups in total. The Balaban J connectivity index is 1.91. The summed E-state index contributed by atoms with van der Waals surface area (Å²) in [5.41, 5.74) is 1.82. The lowest BCUT2D eigenvalue weighted by Crippen LogP contribution is -2.10. The van der Waals surface area contributed by atoms with Crippen LogP contribution in [-0.2, 0) is 22.4 Å². The van der Waals surface area contributed by atoms with Crippen LogP contribution < -0.4 is 5.63 Å². The zero-order valence-electron chi connectivity index (χ0n) is 14.5. The lowest BCUT2D eigenvalue weighted by Gasteiger charge is -2.11. The van der Waals surface area contributed by atoms with Gasteiger partial charge in [0.25, 0.3) is 0 Å². The van der Waals surface area contributed by atoms with Gasteiger partial charge in [-0.25, -0.2) is 4.79 Å². The number of rotatable bonds is 6. The van der Waals surface area contributed by atoms with Crippen molar-refractivity contribution in [2.75, 3.05) is 6.61 Å². The molecule has 0 spiro atoms. The zero-order chi connectivity index (χ0) is 18.5. The number of aromatic hydroxyl groups is 1. The Labute approximate surface area is 150 Å². The molecule has 1 heterocycles. The van der Waals surface area contributed by atoms with Crippen molar-refractivity contribution < 1.29 is 19.1 Å². The second-order valence-electron chi connectivity index (χ2n) is 5.96. The monoisotopic (exact) mass is 352 g/mol. The Hall–Kier alpha value is -3.08. The number of hydrogen-bond donors (Lipinski definition) is 1. The van der Waals surface area contributed by atoms with E-state index in [4.69, 9.17) is 9.15 Å². The molecule has 1 aromatic heterocycles. The molecule has 0 aliphatic carbocycles. The fourth-order valence-electron chi connectivity index (χ4n) is 2.96. The van der Waals surface area contributed by atoms with Crippen LogP contribution in [0.15, 0.2) is 57.7 Å². The predicted molar refractivity (Wildman–Crippen MR) is 98.4 cm³/mol. The van der Waals surface area contributed by atoms with Crippen LogP contribution in [0.2, 0.25) is 0 Å². The van der Waals surface area contributed by atoms with E-state index < -0.39 is 5.63 Å². The van der Waals surface area contributed by atoms with E-state index in [-0.39, 0.29) is 30.1 Å². The van der Waals surface area contributed by atoms with E-state index in [1.807, 2.05) is 24.3 Å². The molecule has 5 nitrogen and oxygen atoms in total. The first-order chi connectivity index (χ1) is 12.6. The van der Waals surface area contributed by atoms with Crippen molar-refractivity contribution in [3.63, 3.8) is 0 Å². The number of carbonyl (C=O) groups excluding carboxylic acids is 1. The first-order valence-corrected chi connectivity index (χ1v) is 8.56. The number of aryl methyl sites for hydroxylation is 1. The summed E-state index contributed by atoms with van der Waals surface area (Å²) in [7, 11) is 0. The third kappa shape index (κ3) is 3.77. The van der Waals surface area contributed by atoms with Crippen LogP contribution in [0.25, 0.3) is 11.0 Å². The Morgan fingerprint density at radius 3 is 2.54 bits per heavy atom. The van der Waals surface area contributed by atoms with Crippen molar-refractivity contribution in [2.45, 2.75) is 26.2 Å². The fraction of sp³-hybridized carbons (Fsp3) is 0.238. The standard InChI is InChI=1S/C21H20O5/c1-2-25-19(22)12-11-14-7-3-4-8-15(14)13-17-20(23)16-9-5-6-10-18(16)26-21(17)24/h3-10,23H,2,11-13H2,1H3. The van der Waals surface area contributed by atoms with Gasteiger partial charge in [-0.3, -0.25) is 4.79 Å². The van der Waals surface area contributed by atoms with Gasteiger partial charge in [0.05, 0.1) is 17.6 Å². The predicted octanol–water partition coefficient (Wildman–Crippen LogP) is 3.59. The highest BCUT2D eigenvalue weighted by molar-refractivity contribution is 5.84. The van der Waals surface area contributed by atoms with Crippen molar-refractivity contribution in [2.24, 2.45) is 0 Å². The van der Waals surface area contributed by atoms with Crippen LogP contribution in [0.4, 0.5) is 0 Å². The number of ether oxygens (including phenoxy) is 1. The molecule has 0 saturated heterocycles. The van der Waals surface area contributed by atoms with Gasteiger partial charge in [-0.05, 0) is 36.6 Å². The van der Waals surface area contributed by atoms with Crippen molar-refractivity contribution in [1.29, 1.82) is 0 Å². The minimum absolute atomic E-state index is 0.0583. The lowest BCUT2D eigenvalue weighted by atomic mass is 9.96. The van der Waals surface area contributed by atoms with Crippen molar-refractivity contribution in [3.8, 4) is 5.75 Å². The maximum absolute atomic E-state index is 12.3. The summed E-state index contributed by atoms with van der Waals surface area (Å²) >= 11 is 0. The molecule has 0 unspecified atom stereocenters. The molecule has 0 aliphatic rings. The molecular formula is C21H20O5. The summed E-state index contributed by atoms with van der Waals surface area (Å²) in [5.74, 6) is -0.313. The first-order valence-electron chi connectivity index (χ1n) is 8.56. The molecule has 0 aliphatic heterocycles. The quantitative estimate of drug-likeness (QED) is 0.542. The van der Waals surface area contributed by atoms with Gasteiger partial charge in [-0.2, -0.15) is 0 Å². The van der Waals surface area contributed by atoms with Gasteiger partial charge in [-0.1, -0.05) is 36.4 Å². The molecule has 0 bridgehead atoms. The van der Waals surface area contributed by atoms with Crippen LogP contribution in [-0.4, -0.2) is 17.7 Å². The second-order valence-corrected chi connectivity index (χ2v) is 5.96. The summed E-state index contributed by atoms with van der Waals surface area (Å²) in [4.78, 5) is 23.9. The fourth-order valence-corrected chi connectivity index (χ4v) is 2.96. The third-order valence-electron chi connectivity index (χ3n) is 4.27. The molecule has 2 aromatic carbocycles. The highest BCUT2D eigenvalue weighted by atomic mass is 16.5. The number of benzene rings is 2. The molecule has 0 atom stereocenters. The molecule has 134 valence electrons. The molecule has 3 aromatic rings. The SMILES string of the molecule is CCOC(=O)CCc1ccccc1Cc1c(O)c2ccccc2oc1=O. The van der Waals surface area contributed by atoms with E-state index in [2.05, 4.69) is 0 Å². The van der Waals surface area contributed by atoms with Crippen LogP contribution in [0.3, 0.4) is 0 Å². The molecule has 3 rings (SSSR count). The first kappa shape index (κ1) is 17.7. The number of carbonyl (C=O) groups is 1. The average molecular weight is 352 g/mol. The summed E-state index contributed by atoms with van der Waals surface area (Å²) in [5, 5.41) is 11.0. The summed E-state index contributed by atoms with van der Waals surface area (Å²) in [6.07, 6.45) is 1.01. The van der Waals surface area contributed by atoms with Crippen molar-refractivity contribution in [1.82, 2.24) is 0 Å². The van der Waals surface area contributed by atoms with Gasteiger partial charge in [0, 0.05) is 12.8 Å². The smallest absolute Gasteiger partial charge is 0.343 e.